The molecule has 0 aliphatic heterocycles. The van der Waals surface area contributed by atoms with Gasteiger partial charge in [-0.15, -0.1) is 10.2 Å². The molecule has 3 aromatic carbocycles. The lowest BCUT2D eigenvalue weighted by Crippen LogP contribution is -2.15. The van der Waals surface area contributed by atoms with Crippen LogP contribution < -0.4 is 5.32 Å². The highest BCUT2D eigenvalue weighted by molar-refractivity contribution is 7.99. The molecular weight excluding hydrogens is 456 g/mol. The minimum atomic E-state index is -0.837. The van der Waals surface area contributed by atoms with Gasteiger partial charge in [-0.25, -0.2) is 8.78 Å². The molecule has 0 bridgehead atoms. The fourth-order valence-corrected chi connectivity index (χ4v) is 4.07. The number of fused-ring (bicyclic) bond motifs is 1. The van der Waals surface area contributed by atoms with E-state index < -0.39 is 17.5 Å². The summed E-state index contributed by atoms with van der Waals surface area (Å²) in [5, 5.41) is 15.7. The minimum absolute atomic E-state index is 0.0463. The van der Waals surface area contributed by atoms with E-state index in [2.05, 4.69) is 32.7 Å². The monoisotopic (exact) mass is 473 g/mol. The average Bonchev–Trinajstić information content (AvgIpc) is 3.27. The molecule has 0 fully saturated rings. The first kappa shape index (κ1) is 21.7. The molecule has 2 aromatic heterocycles. The number of carbonyl (C=O) groups excluding carboxylic acids is 1. The molecule has 0 aliphatic rings. The van der Waals surface area contributed by atoms with Crippen LogP contribution in [0.4, 0.5) is 14.5 Å². The van der Waals surface area contributed by atoms with Gasteiger partial charge in [0.05, 0.1) is 17.1 Å². The van der Waals surface area contributed by atoms with Crippen molar-refractivity contribution in [3.05, 3.63) is 96.6 Å². The number of amides is 1. The Morgan fingerprint density at radius 2 is 1.59 bits per heavy atom. The van der Waals surface area contributed by atoms with Gasteiger partial charge in [-0.3, -0.25) is 4.79 Å². The van der Waals surface area contributed by atoms with Gasteiger partial charge < -0.3 is 5.32 Å². The number of hydrogen-bond donors (Lipinski definition) is 1. The Morgan fingerprint density at radius 3 is 2.35 bits per heavy atom. The first-order valence-electron chi connectivity index (χ1n) is 10.3. The normalized spacial score (nSPS) is 11.0. The first-order chi connectivity index (χ1) is 16.6. The van der Waals surface area contributed by atoms with E-state index in [1.165, 1.54) is 6.07 Å². The van der Waals surface area contributed by atoms with Gasteiger partial charge in [0.25, 0.3) is 0 Å². The fourth-order valence-electron chi connectivity index (χ4n) is 3.38. The smallest absolute Gasteiger partial charge is 0.234 e. The Balaban J connectivity index is 1.31. The van der Waals surface area contributed by atoms with Crippen molar-refractivity contribution in [1.82, 2.24) is 19.8 Å². The maximum absolute atomic E-state index is 13.8. The zero-order valence-electron chi connectivity index (χ0n) is 17.7. The topological polar surface area (TPSA) is 72.2 Å². The zero-order valence-corrected chi connectivity index (χ0v) is 18.5. The lowest BCUT2D eigenvalue weighted by molar-refractivity contribution is -0.113. The average molecular weight is 474 g/mol. The van der Waals surface area contributed by atoms with Crippen LogP contribution in [-0.4, -0.2) is 31.5 Å². The molecule has 0 saturated heterocycles. The van der Waals surface area contributed by atoms with Crippen LogP contribution >= 0.6 is 11.8 Å². The number of aromatic nitrogens is 4. The highest BCUT2D eigenvalue weighted by atomic mass is 32.2. The van der Waals surface area contributed by atoms with Gasteiger partial charge in [0, 0.05) is 11.6 Å². The third-order valence-electron chi connectivity index (χ3n) is 5.06. The molecule has 168 valence electrons. The molecular formula is C25H17F2N5OS. The van der Waals surface area contributed by atoms with Crippen LogP contribution in [0.1, 0.15) is 0 Å². The van der Waals surface area contributed by atoms with Crippen LogP contribution in [0.2, 0.25) is 0 Å². The molecule has 0 spiro atoms. The number of benzene rings is 3. The number of nitrogens with zero attached hydrogens (tertiary/aromatic N) is 4. The van der Waals surface area contributed by atoms with Gasteiger partial charge in [-0.05, 0) is 35.4 Å². The summed E-state index contributed by atoms with van der Waals surface area (Å²) in [5.74, 6) is -2.05. The van der Waals surface area contributed by atoms with Crippen LogP contribution in [0, 0.1) is 11.6 Å². The number of carbonyl (C=O) groups is 1. The maximum Gasteiger partial charge on any atom is 0.234 e. The highest BCUT2D eigenvalue weighted by Gasteiger charge is 2.13. The van der Waals surface area contributed by atoms with Crippen molar-refractivity contribution in [2.24, 2.45) is 0 Å². The molecule has 5 aromatic rings. The molecule has 2 heterocycles. The van der Waals surface area contributed by atoms with Crippen molar-refractivity contribution in [3.63, 3.8) is 0 Å². The van der Waals surface area contributed by atoms with Crippen molar-refractivity contribution >= 4 is 29.0 Å². The molecule has 5 rings (SSSR count). The molecule has 6 nitrogen and oxygen atoms in total. The van der Waals surface area contributed by atoms with Crippen LogP contribution in [0.3, 0.4) is 0 Å². The second kappa shape index (κ2) is 9.40. The summed E-state index contributed by atoms with van der Waals surface area (Å²) in [5.41, 5.74) is 4.35. The highest BCUT2D eigenvalue weighted by Crippen LogP contribution is 2.25. The molecule has 0 radical (unpaired) electrons. The number of halogens is 2. The second-order valence-corrected chi connectivity index (χ2v) is 8.32. The molecule has 34 heavy (non-hydrogen) atoms. The lowest BCUT2D eigenvalue weighted by Gasteiger charge is -2.07. The molecule has 0 saturated carbocycles. The quantitative estimate of drug-likeness (QED) is 0.331. The van der Waals surface area contributed by atoms with E-state index in [1.807, 2.05) is 48.5 Å². The largest absolute Gasteiger partial charge is 0.323 e. The van der Waals surface area contributed by atoms with Gasteiger partial charge in [0.2, 0.25) is 11.1 Å². The van der Waals surface area contributed by atoms with Gasteiger partial charge in [0.1, 0.15) is 11.6 Å². The van der Waals surface area contributed by atoms with Crippen LogP contribution in [0.25, 0.3) is 28.0 Å². The molecule has 0 unspecified atom stereocenters. The fraction of sp³-hybridized carbons (Fsp3) is 0.0400. The van der Waals surface area contributed by atoms with Crippen LogP contribution in [0.5, 0.6) is 0 Å². The van der Waals surface area contributed by atoms with Crippen molar-refractivity contribution < 1.29 is 13.6 Å². The summed E-state index contributed by atoms with van der Waals surface area (Å²) in [6.45, 7) is 0. The predicted octanol–water partition coefficient (Wildman–Crippen LogP) is 5.47. The Kier molecular flexibility index (Phi) is 6.01. The van der Waals surface area contributed by atoms with E-state index >= 15 is 0 Å². The number of rotatable bonds is 6. The Labute approximate surface area is 197 Å². The van der Waals surface area contributed by atoms with E-state index in [-0.39, 0.29) is 11.4 Å². The lowest BCUT2D eigenvalue weighted by atomic mass is 10.0. The summed E-state index contributed by atoms with van der Waals surface area (Å²) in [6.07, 6.45) is 0. The standard InChI is InChI=1S/C25H17F2N5OS/c26-19-10-11-22(20(27)14-19)28-24(33)15-34-25-30-29-23-13-12-21(31-32(23)25)18-8-6-17(7-9-18)16-4-2-1-3-5-16/h1-14H,15H2,(H,28,33). The van der Waals surface area contributed by atoms with Crippen molar-refractivity contribution in [2.45, 2.75) is 5.16 Å². The molecule has 9 heteroatoms. The van der Waals surface area contributed by atoms with Gasteiger partial charge in [-0.1, -0.05) is 66.4 Å². The summed E-state index contributed by atoms with van der Waals surface area (Å²) in [6, 6.07) is 24.8. The molecule has 0 aliphatic carbocycles. The third kappa shape index (κ3) is 4.65. The van der Waals surface area contributed by atoms with E-state index in [1.54, 1.807) is 10.6 Å². The van der Waals surface area contributed by atoms with Gasteiger partial charge in [0.15, 0.2) is 5.65 Å². The van der Waals surface area contributed by atoms with Gasteiger partial charge in [-0.2, -0.15) is 9.61 Å². The number of thioether (sulfide) groups is 1. The van der Waals surface area contributed by atoms with E-state index in [0.717, 1.165) is 40.2 Å². The molecule has 1 N–H and O–H groups in total. The Bertz CT molecular complexity index is 1470. The zero-order chi connectivity index (χ0) is 23.5. The van der Waals surface area contributed by atoms with E-state index in [4.69, 9.17) is 0 Å². The number of hydrogen-bond acceptors (Lipinski definition) is 5. The van der Waals surface area contributed by atoms with Crippen molar-refractivity contribution in [1.29, 1.82) is 0 Å². The summed E-state index contributed by atoms with van der Waals surface area (Å²) >= 11 is 1.11. The number of anilines is 1. The molecule has 0 atom stereocenters. The second-order valence-electron chi connectivity index (χ2n) is 7.38. The van der Waals surface area contributed by atoms with Gasteiger partial charge >= 0.3 is 0 Å². The van der Waals surface area contributed by atoms with Crippen molar-refractivity contribution in [3.8, 4) is 22.4 Å². The SMILES string of the molecule is O=C(CSc1nnc2ccc(-c3ccc(-c4ccccc4)cc3)nn12)Nc1ccc(F)cc1F. The third-order valence-corrected chi connectivity index (χ3v) is 5.98. The Morgan fingerprint density at radius 1 is 0.853 bits per heavy atom. The Hall–Kier alpha value is -4.11. The molecule has 1 amide bonds. The first-order valence-corrected chi connectivity index (χ1v) is 11.3. The maximum atomic E-state index is 13.8. The van der Waals surface area contributed by atoms with E-state index in [0.29, 0.717) is 16.9 Å². The van der Waals surface area contributed by atoms with Crippen LogP contribution in [-0.2, 0) is 4.79 Å². The predicted molar refractivity (Wildman–Crippen MR) is 127 cm³/mol. The van der Waals surface area contributed by atoms with Crippen molar-refractivity contribution in [2.75, 3.05) is 11.1 Å². The number of nitrogens with one attached hydrogen (secondary N) is 1. The summed E-state index contributed by atoms with van der Waals surface area (Å²) in [7, 11) is 0. The van der Waals surface area contributed by atoms with Crippen LogP contribution in [0.15, 0.2) is 90.1 Å². The summed E-state index contributed by atoms with van der Waals surface area (Å²) in [4.78, 5) is 12.2. The van der Waals surface area contributed by atoms with E-state index in [9.17, 15) is 13.6 Å². The summed E-state index contributed by atoms with van der Waals surface area (Å²) < 4.78 is 28.4. The minimum Gasteiger partial charge on any atom is -0.323 e.